The highest BCUT2D eigenvalue weighted by atomic mass is 16.5. The smallest absolute Gasteiger partial charge is 0.340 e. The van der Waals surface area contributed by atoms with E-state index in [-0.39, 0.29) is 25.2 Å². The first-order valence-corrected chi connectivity index (χ1v) is 8.93. The maximum atomic E-state index is 12.2. The van der Waals surface area contributed by atoms with Crippen LogP contribution in [0.15, 0.2) is 24.3 Å². The van der Waals surface area contributed by atoms with Crippen molar-refractivity contribution < 1.29 is 19.4 Å². The highest BCUT2D eigenvalue weighted by Gasteiger charge is 2.28. The number of aliphatic hydroxyl groups is 1. The quantitative estimate of drug-likeness (QED) is 0.658. The molecule has 1 amide bonds. The van der Waals surface area contributed by atoms with Crippen molar-refractivity contribution in [2.75, 3.05) is 25.1 Å². The van der Waals surface area contributed by atoms with Gasteiger partial charge < -0.3 is 20.5 Å². The van der Waals surface area contributed by atoms with E-state index in [9.17, 15) is 9.59 Å². The van der Waals surface area contributed by atoms with Gasteiger partial charge in [0.1, 0.15) is 0 Å². The van der Waals surface area contributed by atoms with Gasteiger partial charge in [0, 0.05) is 18.3 Å². The van der Waals surface area contributed by atoms with E-state index in [2.05, 4.69) is 24.5 Å². The van der Waals surface area contributed by atoms with Crippen LogP contribution in [-0.4, -0.2) is 42.8 Å². The first-order valence-electron chi connectivity index (χ1n) is 8.93. The average Bonchev–Trinajstić information content (AvgIpc) is 2.62. The van der Waals surface area contributed by atoms with Gasteiger partial charge >= 0.3 is 5.97 Å². The zero-order valence-corrected chi connectivity index (χ0v) is 15.0. The van der Waals surface area contributed by atoms with Gasteiger partial charge in [-0.05, 0) is 30.4 Å². The molecular formula is C19H28N2O4. The van der Waals surface area contributed by atoms with Gasteiger partial charge in [-0.3, -0.25) is 4.79 Å². The molecule has 0 aliphatic heterocycles. The number of esters is 1. The van der Waals surface area contributed by atoms with Crippen molar-refractivity contribution in [3.8, 4) is 0 Å². The fourth-order valence-electron chi connectivity index (χ4n) is 3.25. The topological polar surface area (TPSA) is 87.7 Å². The van der Waals surface area contributed by atoms with Crippen LogP contribution < -0.4 is 10.6 Å². The highest BCUT2D eigenvalue weighted by Crippen LogP contribution is 2.29. The average molecular weight is 348 g/mol. The van der Waals surface area contributed by atoms with Crippen molar-refractivity contribution in [2.24, 2.45) is 11.8 Å². The molecule has 138 valence electrons. The molecule has 0 aromatic heterocycles. The molecule has 0 saturated heterocycles. The van der Waals surface area contributed by atoms with E-state index in [4.69, 9.17) is 9.84 Å². The zero-order valence-electron chi connectivity index (χ0n) is 15.0. The molecule has 6 nitrogen and oxygen atoms in total. The molecule has 2 rings (SSSR count). The van der Waals surface area contributed by atoms with Crippen molar-refractivity contribution in [3.05, 3.63) is 29.8 Å². The van der Waals surface area contributed by atoms with E-state index in [1.54, 1.807) is 24.3 Å². The Hall–Kier alpha value is -2.08. The molecule has 1 aromatic rings. The highest BCUT2D eigenvalue weighted by molar-refractivity contribution is 5.96. The number of amides is 1. The monoisotopic (exact) mass is 348 g/mol. The summed E-state index contributed by atoms with van der Waals surface area (Å²) in [6.45, 7) is 4.38. The first kappa shape index (κ1) is 19.2. The van der Waals surface area contributed by atoms with Gasteiger partial charge in [-0.15, -0.1) is 0 Å². The van der Waals surface area contributed by atoms with Crippen LogP contribution in [0.3, 0.4) is 0 Å². The molecule has 0 bridgehead atoms. The van der Waals surface area contributed by atoms with Gasteiger partial charge in [-0.25, -0.2) is 4.79 Å². The summed E-state index contributed by atoms with van der Waals surface area (Å²) in [5, 5.41) is 14.8. The Balaban J connectivity index is 1.86. The molecule has 1 saturated carbocycles. The lowest BCUT2D eigenvalue weighted by Crippen LogP contribution is -2.45. The summed E-state index contributed by atoms with van der Waals surface area (Å²) in [6.07, 6.45) is 3.28. The number of aliphatic hydroxyl groups excluding tert-OH is 1. The van der Waals surface area contributed by atoms with E-state index < -0.39 is 5.97 Å². The number of nitrogens with one attached hydrogen (secondary N) is 2. The van der Waals surface area contributed by atoms with Crippen LogP contribution in [0.1, 0.15) is 43.5 Å². The lowest BCUT2D eigenvalue weighted by atomic mass is 9.78. The van der Waals surface area contributed by atoms with E-state index in [1.807, 2.05) is 0 Å². The van der Waals surface area contributed by atoms with Crippen molar-refractivity contribution in [2.45, 2.75) is 39.2 Å². The van der Waals surface area contributed by atoms with Crippen molar-refractivity contribution in [1.29, 1.82) is 0 Å². The number of para-hydroxylation sites is 1. The Morgan fingerprint density at radius 3 is 2.76 bits per heavy atom. The van der Waals surface area contributed by atoms with Crippen molar-refractivity contribution in [3.63, 3.8) is 0 Å². The lowest BCUT2D eigenvalue weighted by molar-refractivity contribution is -0.125. The number of ether oxygens (including phenoxy) is 1. The molecule has 25 heavy (non-hydrogen) atoms. The second-order valence-corrected chi connectivity index (χ2v) is 6.71. The minimum Gasteiger partial charge on any atom is -0.452 e. The van der Waals surface area contributed by atoms with Crippen LogP contribution in [0.4, 0.5) is 5.69 Å². The zero-order chi connectivity index (χ0) is 18.2. The van der Waals surface area contributed by atoms with Crippen LogP contribution in [0, 0.1) is 11.8 Å². The fraction of sp³-hybridized carbons (Fsp3) is 0.579. The predicted octanol–water partition coefficient (Wildman–Crippen LogP) is 2.19. The third-order valence-corrected chi connectivity index (χ3v) is 4.96. The molecule has 3 N–H and O–H groups in total. The second kappa shape index (κ2) is 9.42. The normalized spacial score (nSPS) is 22.9. The van der Waals surface area contributed by atoms with E-state index >= 15 is 0 Å². The minimum atomic E-state index is -0.554. The van der Waals surface area contributed by atoms with Crippen LogP contribution in [0.25, 0.3) is 0 Å². The van der Waals surface area contributed by atoms with Crippen molar-refractivity contribution in [1.82, 2.24) is 5.32 Å². The lowest BCUT2D eigenvalue weighted by Gasteiger charge is -2.34. The van der Waals surface area contributed by atoms with Crippen LogP contribution in [-0.2, 0) is 9.53 Å². The molecule has 3 atom stereocenters. The fourth-order valence-corrected chi connectivity index (χ4v) is 3.25. The number of hydrogen-bond acceptors (Lipinski definition) is 5. The Bertz CT molecular complexity index is 591. The maximum Gasteiger partial charge on any atom is 0.340 e. The van der Waals surface area contributed by atoms with Gasteiger partial charge in [0.15, 0.2) is 6.61 Å². The number of hydrogen-bond donors (Lipinski definition) is 3. The van der Waals surface area contributed by atoms with E-state index in [1.165, 1.54) is 6.42 Å². The Morgan fingerprint density at radius 1 is 1.24 bits per heavy atom. The van der Waals surface area contributed by atoms with Gasteiger partial charge in [-0.1, -0.05) is 38.8 Å². The molecule has 0 radical (unpaired) electrons. The molecule has 0 spiro atoms. The van der Waals surface area contributed by atoms with Gasteiger partial charge in [0.2, 0.25) is 0 Å². The van der Waals surface area contributed by atoms with Crippen LogP contribution in [0.5, 0.6) is 0 Å². The molecule has 1 aromatic carbocycles. The summed E-state index contributed by atoms with van der Waals surface area (Å²) in [7, 11) is 0. The molecular weight excluding hydrogens is 320 g/mol. The van der Waals surface area contributed by atoms with Crippen LogP contribution >= 0.6 is 0 Å². The number of anilines is 1. The molecule has 1 aliphatic carbocycles. The Morgan fingerprint density at radius 2 is 2.00 bits per heavy atom. The van der Waals surface area contributed by atoms with Gasteiger partial charge in [-0.2, -0.15) is 0 Å². The SMILES string of the molecule is C[C@@H]1[C@@H](C)CCC[C@H]1NC(=O)COC(=O)c1ccccc1NCCO. The maximum absolute atomic E-state index is 12.2. The summed E-state index contributed by atoms with van der Waals surface area (Å²) in [6, 6.07) is 7.02. The second-order valence-electron chi connectivity index (χ2n) is 6.71. The summed E-state index contributed by atoms with van der Waals surface area (Å²) in [4.78, 5) is 24.4. The molecule has 1 fully saturated rings. The standard InChI is InChI=1S/C19H28N2O4/c1-13-6-5-9-16(14(13)2)21-18(23)12-25-19(24)15-7-3-4-8-17(15)20-10-11-22/h3-4,7-8,13-14,16,20,22H,5-6,9-12H2,1-2H3,(H,21,23)/t13-,14+,16+/m0/s1. The van der Waals surface area contributed by atoms with Crippen molar-refractivity contribution >= 4 is 17.6 Å². The number of carbonyl (C=O) groups excluding carboxylic acids is 2. The largest absolute Gasteiger partial charge is 0.452 e. The number of carbonyl (C=O) groups is 2. The first-order chi connectivity index (χ1) is 12.0. The molecule has 0 heterocycles. The molecule has 6 heteroatoms. The number of rotatable bonds is 7. The Labute approximate surface area is 149 Å². The van der Waals surface area contributed by atoms with Crippen LogP contribution in [0.2, 0.25) is 0 Å². The molecule has 1 aliphatic rings. The van der Waals surface area contributed by atoms with E-state index in [0.29, 0.717) is 29.6 Å². The summed E-state index contributed by atoms with van der Waals surface area (Å²) >= 11 is 0. The summed E-state index contributed by atoms with van der Waals surface area (Å²) in [5.74, 6) is 0.198. The van der Waals surface area contributed by atoms with E-state index in [0.717, 1.165) is 12.8 Å². The minimum absolute atomic E-state index is 0.0379. The summed E-state index contributed by atoms with van der Waals surface area (Å²) < 4.78 is 5.16. The third-order valence-electron chi connectivity index (χ3n) is 4.96. The third kappa shape index (κ3) is 5.46. The molecule has 0 unspecified atom stereocenters. The van der Waals surface area contributed by atoms with Gasteiger partial charge in [0.25, 0.3) is 5.91 Å². The predicted molar refractivity (Wildman–Crippen MR) is 96.4 cm³/mol. The number of benzene rings is 1. The Kier molecular flexibility index (Phi) is 7.25. The van der Waals surface area contributed by atoms with Gasteiger partial charge in [0.05, 0.1) is 12.2 Å². The summed E-state index contributed by atoms with van der Waals surface area (Å²) in [5.41, 5.74) is 0.931.